The largest absolute Gasteiger partial charge is 0.490 e. The first kappa shape index (κ1) is 11.6. The van der Waals surface area contributed by atoms with Crippen LogP contribution in [0.1, 0.15) is 24.1 Å². The van der Waals surface area contributed by atoms with E-state index in [0.29, 0.717) is 0 Å². The third-order valence-corrected chi connectivity index (χ3v) is 2.48. The minimum atomic E-state index is 0.0741. The number of aromatic nitrogens is 3. The molecular weight excluding hydrogens is 214 g/mol. The minimum Gasteiger partial charge on any atom is -0.490 e. The molecular formula is C13H17N3O. The molecule has 17 heavy (non-hydrogen) atoms. The Morgan fingerprint density at radius 1 is 1.18 bits per heavy atom. The predicted octanol–water partition coefficient (Wildman–Crippen LogP) is 2.43. The van der Waals surface area contributed by atoms with Crippen LogP contribution in [-0.4, -0.2) is 21.3 Å². The van der Waals surface area contributed by atoms with Crippen molar-refractivity contribution in [3.8, 4) is 5.75 Å². The fourth-order valence-electron chi connectivity index (χ4n) is 1.65. The monoisotopic (exact) mass is 231 g/mol. The average Bonchev–Trinajstić information content (AvgIpc) is 2.67. The smallest absolute Gasteiger partial charge is 0.134 e. The molecule has 4 heteroatoms. The lowest BCUT2D eigenvalue weighted by Crippen LogP contribution is -2.15. The zero-order valence-electron chi connectivity index (χ0n) is 10.4. The number of H-pyrrole nitrogens is 1. The minimum absolute atomic E-state index is 0.0741. The fourth-order valence-corrected chi connectivity index (χ4v) is 1.65. The first-order valence-electron chi connectivity index (χ1n) is 5.75. The molecule has 1 aromatic heterocycles. The predicted molar refractivity (Wildman–Crippen MR) is 66.1 cm³/mol. The third-order valence-electron chi connectivity index (χ3n) is 2.48. The quantitative estimate of drug-likeness (QED) is 0.879. The number of nitrogens with one attached hydrogen (secondary N) is 1. The maximum atomic E-state index is 5.79. The molecule has 90 valence electrons. The van der Waals surface area contributed by atoms with Crippen molar-refractivity contribution in [2.24, 2.45) is 0 Å². The van der Waals surface area contributed by atoms with Gasteiger partial charge in [0.25, 0.3) is 0 Å². The second-order valence-corrected chi connectivity index (χ2v) is 4.30. The zero-order chi connectivity index (χ0) is 12.3. The van der Waals surface area contributed by atoms with Crippen molar-refractivity contribution >= 4 is 0 Å². The molecule has 0 saturated carbocycles. The molecule has 0 aliphatic rings. The van der Waals surface area contributed by atoms with Crippen molar-refractivity contribution in [2.75, 3.05) is 0 Å². The lowest BCUT2D eigenvalue weighted by molar-refractivity contribution is 0.219. The highest BCUT2D eigenvalue weighted by atomic mass is 16.5. The number of rotatable bonds is 4. The summed E-state index contributed by atoms with van der Waals surface area (Å²) < 4.78 is 5.79. The molecule has 0 aliphatic carbocycles. The van der Waals surface area contributed by atoms with E-state index in [-0.39, 0.29) is 6.10 Å². The van der Waals surface area contributed by atoms with E-state index in [0.717, 1.165) is 23.8 Å². The van der Waals surface area contributed by atoms with Crippen molar-refractivity contribution in [3.63, 3.8) is 0 Å². The van der Waals surface area contributed by atoms with Crippen molar-refractivity contribution in [1.82, 2.24) is 15.2 Å². The van der Waals surface area contributed by atoms with Crippen LogP contribution in [0.25, 0.3) is 0 Å². The Bertz CT molecular complexity index is 476. The van der Waals surface area contributed by atoms with Gasteiger partial charge in [-0.25, -0.2) is 0 Å². The first-order chi connectivity index (χ1) is 8.13. The van der Waals surface area contributed by atoms with Gasteiger partial charge in [-0.15, -0.1) is 10.2 Å². The summed E-state index contributed by atoms with van der Waals surface area (Å²) in [5, 5.41) is 7.95. The molecule has 1 heterocycles. The molecule has 0 saturated heterocycles. The van der Waals surface area contributed by atoms with Gasteiger partial charge in [-0.3, -0.25) is 0 Å². The molecule has 4 nitrogen and oxygen atoms in total. The Kier molecular flexibility index (Phi) is 3.42. The molecule has 1 unspecified atom stereocenters. The molecule has 0 fully saturated rings. The number of benzene rings is 1. The molecule has 1 aromatic carbocycles. The number of aromatic amines is 1. The van der Waals surface area contributed by atoms with Crippen LogP contribution in [0.5, 0.6) is 5.75 Å². The molecule has 1 atom stereocenters. The zero-order valence-corrected chi connectivity index (χ0v) is 10.4. The highest BCUT2D eigenvalue weighted by Gasteiger charge is 2.08. The van der Waals surface area contributed by atoms with Gasteiger partial charge >= 0.3 is 0 Å². The maximum Gasteiger partial charge on any atom is 0.134 e. The van der Waals surface area contributed by atoms with Crippen molar-refractivity contribution < 1.29 is 4.74 Å². The highest BCUT2D eigenvalue weighted by Crippen LogP contribution is 2.14. The Hall–Kier alpha value is -1.84. The summed E-state index contributed by atoms with van der Waals surface area (Å²) >= 11 is 0. The topological polar surface area (TPSA) is 50.8 Å². The number of hydrogen-bond donors (Lipinski definition) is 1. The number of hydrogen-bond acceptors (Lipinski definition) is 3. The Morgan fingerprint density at radius 2 is 1.88 bits per heavy atom. The maximum absolute atomic E-state index is 5.79. The normalized spacial score (nSPS) is 12.4. The Balaban J connectivity index is 1.93. The van der Waals surface area contributed by atoms with Gasteiger partial charge in [0.05, 0.1) is 0 Å². The van der Waals surface area contributed by atoms with Crippen molar-refractivity contribution in [3.05, 3.63) is 41.5 Å². The van der Waals surface area contributed by atoms with Crippen LogP contribution in [0, 0.1) is 13.8 Å². The second kappa shape index (κ2) is 4.99. The summed E-state index contributed by atoms with van der Waals surface area (Å²) in [6.45, 7) is 5.98. The van der Waals surface area contributed by atoms with Gasteiger partial charge in [0, 0.05) is 6.42 Å². The van der Waals surface area contributed by atoms with Crippen molar-refractivity contribution in [2.45, 2.75) is 33.3 Å². The number of nitrogens with zero attached hydrogens (tertiary/aromatic N) is 2. The van der Waals surface area contributed by atoms with E-state index < -0.39 is 0 Å². The van der Waals surface area contributed by atoms with E-state index in [4.69, 9.17) is 4.74 Å². The summed E-state index contributed by atoms with van der Waals surface area (Å²) in [5.74, 6) is 2.59. The Morgan fingerprint density at radius 3 is 2.47 bits per heavy atom. The van der Waals surface area contributed by atoms with E-state index in [2.05, 4.69) is 22.1 Å². The van der Waals surface area contributed by atoms with Crippen LogP contribution < -0.4 is 4.74 Å². The Labute approximate surface area is 101 Å². The summed E-state index contributed by atoms with van der Waals surface area (Å²) in [6.07, 6.45) is 0.805. The highest BCUT2D eigenvalue weighted by molar-refractivity contribution is 5.26. The lowest BCUT2D eigenvalue weighted by Gasteiger charge is -2.13. The molecule has 2 rings (SSSR count). The van der Waals surface area contributed by atoms with Crippen LogP contribution in [0.3, 0.4) is 0 Å². The summed E-state index contributed by atoms with van der Waals surface area (Å²) in [4.78, 5) is 3.10. The van der Waals surface area contributed by atoms with E-state index in [1.54, 1.807) is 0 Å². The first-order valence-corrected chi connectivity index (χ1v) is 5.75. The standard InChI is InChI=1S/C13H17N3O/c1-9-4-6-12(7-5-9)17-10(2)8-13-14-11(3)15-16-13/h4-7,10H,8H2,1-3H3,(H,14,15,16). The van der Waals surface area contributed by atoms with Crippen LogP contribution in [0.4, 0.5) is 0 Å². The molecule has 1 N–H and O–H groups in total. The van der Waals surface area contributed by atoms with E-state index >= 15 is 0 Å². The van der Waals surface area contributed by atoms with Gasteiger partial charge < -0.3 is 9.72 Å². The van der Waals surface area contributed by atoms with Crippen LogP contribution in [-0.2, 0) is 6.42 Å². The molecule has 0 amide bonds. The molecule has 2 aromatic rings. The molecule has 0 bridgehead atoms. The van der Waals surface area contributed by atoms with E-state index in [1.165, 1.54) is 5.56 Å². The SMILES string of the molecule is Cc1ccc(OC(C)Cc2nnc(C)[nH]2)cc1. The lowest BCUT2D eigenvalue weighted by atomic mass is 10.2. The van der Waals surface area contributed by atoms with Crippen molar-refractivity contribution in [1.29, 1.82) is 0 Å². The van der Waals surface area contributed by atoms with Gasteiger partial charge in [0.15, 0.2) is 0 Å². The van der Waals surface area contributed by atoms with E-state index in [9.17, 15) is 0 Å². The average molecular weight is 231 g/mol. The number of aryl methyl sites for hydroxylation is 2. The van der Waals surface area contributed by atoms with Gasteiger partial charge in [-0.05, 0) is 32.9 Å². The van der Waals surface area contributed by atoms with Gasteiger partial charge in [-0.1, -0.05) is 17.7 Å². The third kappa shape index (κ3) is 3.31. The van der Waals surface area contributed by atoms with Crippen LogP contribution in [0.15, 0.2) is 24.3 Å². The molecule has 0 aliphatic heterocycles. The second-order valence-electron chi connectivity index (χ2n) is 4.30. The summed E-state index contributed by atoms with van der Waals surface area (Å²) in [5.41, 5.74) is 1.23. The van der Waals surface area contributed by atoms with Gasteiger partial charge in [-0.2, -0.15) is 0 Å². The van der Waals surface area contributed by atoms with E-state index in [1.807, 2.05) is 38.1 Å². The summed E-state index contributed by atoms with van der Waals surface area (Å²) in [6, 6.07) is 8.05. The summed E-state index contributed by atoms with van der Waals surface area (Å²) in [7, 11) is 0. The molecule has 0 radical (unpaired) electrons. The fraction of sp³-hybridized carbons (Fsp3) is 0.385. The van der Waals surface area contributed by atoms with Crippen LogP contribution in [0.2, 0.25) is 0 Å². The van der Waals surface area contributed by atoms with Gasteiger partial charge in [0.2, 0.25) is 0 Å². The van der Waals surface area contributed by atoms with Crippen LogP contribution >= 0.6 is 0 Å². The number of ether oxygens (including phenoxy) is 1. The molecule has 0 spiro atoms. The van der Waals surface area contributed by atoms with Gasteiger partial charge in [0.1, 0.15) is 23.5 Å².